The molecule has 0 aromatic heterocycles. The Morgan fingerprint density at radius 2 is 0.850 bits per heavy atom. The molecule has 4 aromatic carbocycles. The second-order valence-corrected chi connectivity index (χ2v) is 14.0. The molecule has 0 aliphatic heterocycles. The van der Waals surface area contributed by atoms with Gasteiger partial charge in [-0.3, -0.25) is 0 Å². The third kappa shape index (κ3) is 6.40. The van der Waals surface area contributed by atoms with Gasteiger partial charge < -0.3 is 20.4 Å². The highest BCUT2D eigenvalue weighted by Gasteiger charge is 2.37. The summed E-state index contributed by atoms with van der Waals surface area (Å²) in [6, 6.07) is 22.7. The SMILES string of the molecule is CC(C)(c1cc(Br)c(O)c(Br)c1)c1cc(Br)c(O)c(Br)c1.Oc1ccc(C2(c3ccc(O)cc3)CCCC2)cc1. The van der Waals surface area contributed by atoms with Gasteiger partial charge in [0.05, 0.1) is 17.9 Å². The van der Waals surface area contributed by atoms with Gasteiger partial charge >= 0.3 is 0 Å². The molecule has 0 bridgehead atoms. The minimum absolute atomic E-state index is 0.0431. The first-order valence-corrected chi connectivity index (χ1v) is 16.0. The van der Waals surface area contributed by atoms with Crippen LogP contribution in [0.3, 0.4) is 0 Å². The molecule has 0 amide bonds. The Hall–Kier alpha value is -2.00. The zero-order chi connectivity index (χ0) is 29.2. The van der Waals surface area contributed by atoms with Gasteiger partial charge in [0.25, 0.3) is 0 Å². The molecule has 5 rings (SSSR count). The zero-order valence-electron chi connectivity index (χ0n) is 22.1. The van der Waals surface area contributed by atoms with Gasteiger partial charge in [-0.25, -0.2) is 0 Å². The van der Waals surface area contributed by atoms with Gasteiger partial charge in [-0.05, 0) is 147 Å². The fourth-order valence-electron chi connectivity index (χ4n) is 5.30. The first kappa shape index (κ1) is 30.9. The molecule has 4 aromatic rings. The monoisotopic (exact) mass is 794 g/mol. The van der Waals surface area contributed by atoms with Crippen molar-refractivity contribution >= 4 is 63.7 Å². The predicted octanol–water partition coefficient (Wildman–Crippen LogP) is 10.4. The van der Waals surface area contributed by atoms with Crippen LogP contribution in [0.2, 0.25) is 0 Å². The molecule has 0 spiro atoms. The zero-order valence-corrected chi connectivity index (χ0v) is 28.4. The van der Waals surface area contributed by atoms with Gasteiger partial charge in [0, 0.05) is 10.8 Å². The first-order valence-electron chi connectivity index (χ1n) is 12.8. The van der Waals surface area contributed by atoms with Crippen molar-refractivity contribution in [2.75, 3.05) is 0 Å². The molecule has 8 heteroatoms. The largest absolute Gasteiger partial charge is 0.508 e. The van der Waals surface area contributed by atoms with E-state index in [-0.39, 0.29) is 22.3 Å². The van der Waals surface area contributed by atoms with Crippen LogP contribution in [0.25, 0.3) is 0 Å². The van der Waals surface area contributed by atoms with Crippen LogP contribution in [0.5, 0.6) is 23.0 Å². The molecule has 4 nitrogen and oxygen atoms in total. The molecule has 0 radical (unpaired) electrons. The number of halogens is 4. The summed E-state index contributed by atoms with van der Waals surface area (Å²) in [5.74, 6) is 0.982. The first-order chi connectivity index (χ1) is 18.8. The van der Waals surface area contributed by atoms with Crippen molar-refractivity contribution in [2.24, 2.45) is 0 Å². The number of hydrogen-bond donors (Lipinski definition) is 4. The fraction of sp³-hybridized carbons (Fsp3) is 0.250. The molecule has 40 heavy (non-hydrogen) atoms. The van der Waals surface area contributed by atoms with Crippen LogP contribution >= 0.6 is 63.7 Å². The van der Waals surface area contributed by atoms with E-state index in [4.69, 9.17) is 0 Å². The van der Waals surface area contributed by atoms with Crippen molar-refractivity contribution in [1.82, 2.24) is 0 Å². The highest BCUT2D eigenvalue weighted by molar-refractivity contribution is 9.11. The van der Waals surface area contributed by atoms with E-state index in [1.54, 1.807) is 24.3 Å². The molecule has 1 saturated carbocycles. The van der Waals surface area contributed by atoms with Crippen LogP contribution in [0.15, 0.2) is 90.7 Å². The van der Waals surface area contributed by atoms with Crippen molar-refractivity contribution in [3.63, 3.8) is 0 Å². The van der Waals surface area contributed by atoms with Gasteiger partial charge in [0.2, 0.25) is 0 Å². The van der Waals surface area contributed by atoms with Crippen molar-refractivity contribution in [3.05, 3.63) is 113 Å². The lowest BCUT2D eigenvalue weighted by Crippen LogP contribution is -2.23. The molecule has 1 aliphatic rings. The molecular formula is C32H30Br4O4. The van der Waals surface area contributed by atoms with Gasteiger partial charge in [0.1, 0.15) is 23.0 Å². The summed E-state index contributed by atoms with van der Waals surface area (Å²) >= 11 is 13.5. The molecule has 210 valence electrons. The van der Waals surface area contributed by atoms with Crippen molar-refractivity contribution in [2.45, 2.75) is 50.4 Å². The molecule has 0 heterocycles. The van der Waals surface area contributed by atoms with Crippen molar-refractivity contribution in [3.8, 4) is 23.0 Å². The maximum absolute atomic E-state index is 9.85. The lowest BCUT2D eigenvalue weighted by molar-refractivity contribution is 0.466. The van der Waals surface area contributed by atoms with Crippen molar-refractivity contribution in [1.29, 1.82) is 0 Å². The molecule has 0 unspecified atom stereocenters. The highest BCUT2D eigenvalue weighted by Crippen LogP contribution is 2.47. The van der Waals surface area contributed by atoms with Crippen LogP contribution < -0.4 is 0 Å². The maximum atomic E-state index is 9.85. The fourth-order valence-corrected chi connectivity index (χ4v) is 7.68. The number of aromatic hydroxyl groups is 4. The smallest absolute Gasteiger partial charge is 0.143 e. The number of hydrogen-bond acceptors (Lipinski definition) is 4. The summed E-state index contributed by atoms with van der Waals surface area (Å²) in [5, 5.41) is 38.6. The summed E-state index contributed by atoms with van der Waals surface area (Å²) in [4.78, 5) is 0. The van der Waals surface area contributed by atoms with Crippen LogP contribution in [0.4, 0.5) is 0 Å². The van der Waals surface area contributed by atoms with Crippen molar-refractivity contribution < 1.29 is 20.4 Å². The van der Waals surface area contributed by atoms with Gasteiger partial charge in [0.15, 0.2) is 0 Å². The summed E-state index contributed by atoms with van der Waals surface area (Å²) in [7, 11) is 0. The van der Waals surface area contributed by atoms with E-state index in [0.29, 0.717) is 29.4 Å². The Bertz CT molecular complexity index is 1340. The van der Waals surface area contributed by atoms with E-state index in [9.17, 15) is 20.4 Å². The third-order valence-electron chi connectivity index (χ3n) is 7.77. The minimum Gasteiger partial charge on any atom is -0.508 e. The summed E-state index contributed by atoms with van der Waals surface area (Å²) in [6.45, 7) is 4.17. The Balaban J connectivity index is 0.000000186. The molecule has 4 N–H and O–H groups in total. The van der Waals surface area contributed by atoms with Crippen LogP contribution in [0.1, 0.15) is 61.8 Å². The van der Waals surface area contributed by atoms with Gasteiger partial charge in [-0.2, -0.15) is 0 Å². The Morgan fingerprint density at radius 1 is 0.550 bits per heavy atom. The quantitative estimate of drug-likeness (QED) is 0.166. The average Bonchev–Trinajstić information content (AvgIpc) is 3.42. The Labute approximate surface area is 268 Å². The lowest BCUT2D eigenvalue weighted by Gasteiger charge is -2.30. The number of benzene rings is 4. The molecule has 0 saturated heterocycles. The van der Waals surface area contributed by atoms with E-state index in [2.05, 4.69) is 77.6 Å². The highest BCUT2D eigenvalue weighted by atomic mass is 79.9. The summed E-state index contributed by atoms with van der Waals surface area (Å²) in [6.07, 6.45) is 4.70. The van der Waals surface area contributed by atoms with E-state index in [0.717, 1.165) is 24.0 Å². The number of rotatable bonds is 4. The van der Waals surface area contributed by atoms with Gasteiger partial charge in [-0.15, -0.1) is 0 Å². The average molecular weight is 798 g/mol. The second kappa shape index (κ2) is 12.5. The predicted molar refractivity (Wildman–Crippen MR) is 175 cm³/mol. The van der Waals surface area contributed by atoms with Crippen LogP contribution in [-0.4, -0.2) is 20.4 Å². The van der Waals surface area contributed by atoms with Crippen LogP contribution in [-0.2, 0) is 10.8 Å². The van der Waals surface area contributed by atoms with Gasteiger partial charge in [-0.1, -0.05) is 51.0 Å². The van der Waals surface area contributed by atoms with E-state index >= 15 is 0 Å². The summed E-state index contributed by atoms with van der Waals surface area (Å²) < 4.78 is 2.54. The van der Waals surface area contributed by atoms with E-state index in [1.165, 1.54) is 24.0 Å². The van der Waals surface area contributed by atoms with E-state index in [1.807, 2.05) is 48.5 Å². The summed E-state index contributed by atoms with van der Waals surface area (Å²) in [5.41, 5.74) is 4.31. The Morgan fingerprint density at radius 3 is 1.15 bits per heavy atom. The second-order valence-electron chi connectivity index (χ2n) is 10.6. The normalized spacial score (nSPS) is 14.4. The topological polar surface area (TPSA) is 80.9 Å². The maximum Gasteiger partial charge on any atom is 0.143 e. The molecule has 0 atom stereocenters. The van der Waals surface area contributed by atoms with Crippen LogP contribution in [0, 0.1) is 0 Å². The molecular weight excluding hydrogens is 768 g/mol. The number of phenolic OH excluding ortho intramolecular Hbond substituents is 4. The molecule has 1 aliphatic carbocycles. The lowest BCUT2D eigenvalue weighted by atomic mass is 9.73. The van der Waals surface area contributed by atoms with E-state index < -0.39 is 0 Å². The number of phenols is 4. The standard InChI is InChI=1S/C17H18O2.C15H12Br4O2/c18-15-7-3-13(4-8-15)17(11-1-2-12-17)14-5-9-16(19)10-6-14;1-15(2,7-3-9(16)13(20)10(17)4-7)8-5-11(18)14(21)12(19)6-8/h3-10,18-19H,1-2,11-12H2;3-6,20-21H,1-2H3. The molecule has 1 fully saturated rings. The third-order valence-corrected chi connectivity index (χ3v) is 10.2. The Kier molecular flexibility index (Phi) is 9.65. The minimum atomic E-state index is -0.308.